The predicted octanol–water partition coefficient (Wildman–Crippen LogP) is -4.61. The van der Waals surface area contributed by atoms with Gasteiger partial charge in [0, 0.05) is 17.7 Å². The molecule has 53 heavy (non-hydrogen) atoms. The fraction of sp³-hybridized carbons (Fsp3) is 0.576. The van der Waals surface area contributed by atoms with Crippen LogP contribution in [0, 0.1) is 0 Å². The molecule has 16 atom stereocenters. The Morgan fingerprint density at radius 1 is 0.547 bits per heavy atom. The molecule has 294 valence electrons. The van der Waals surface area contributed by atoms with Gasteiger partial charge in [-0.2, -0.15) is 0 Å². The van der Waals surface area contributed by atoms with Gasteiger partial charge >= 0.3 is 0 Å². The first-order chi connectivity index (χ1) is 25.2. The number of hydrogen-bond acceptors (Lipinski definition) is 20. The highest BCUT2D eigenvalue weighted by atomic mass is 16.7. The van der Waals surface area contributed by atoms with Crippen LogP contribution in [0.2, 0.25) is 0 Å². The smallest absolute Gasteiger partial charge is 0.229 e. The number of phenols is 2. The highest BCUT2D eigenvalue weighted by molar-refractivity contribution is 5.70. The summed E-state index contributed by atoms with van der Waals surface area (Å²) in [6.45, 7) is -2.10. The van der Waals surface area contributed by atoms with Crippen LogP contribution in [0.25, 0.3) is 6.08 Å². The van der Waals surface area contributed by atoms with Crippen molar-refractivity contribution in [2.75, 3.05) is 19.8 Å². The van der Waals surface area contributed by atoms with Gasteiger partial charge in [-0.3, -0.25) is 0 Å². The van der Waals surface area contributed by atoms with Crippen LogP contribution in [0.5, 0.6) is 23.0 Å². The van der Waals surface area contributed by atoms with Crippen LogP contribution in [-0.2, 0) is 23.7 Å². The number of fused-ring (bicyclic) bond motifs is 1. The zero-order chi connectivity index (χ0) is 38.3. The van der Waals surface area contributed by atoms with Crippen molar-refractivity contribution >= 4 is 6.08 Å². The summed E-state index contributed by atoms with van der Waals surface area (Å²) in [5.74, 6) is -0.818. The second kappa shape index (κ2) is 16.1. The molecule has 4 heterocycles. The molecule has 6 rings (SSSR count). The van der Waals surface area contributed by atoms with Crippen molar-refractivity contribution in [1.29, 1.82) is 0 Å². The second-order valence-corrected chi connectivity index (χ2v) is 13.0. The number of aliphatic hydroxyl groups excluding tert-OH is 11. The quantitative estimate of drug-likeness (QED) is 0.108. The molecule has 2 aromatic carbocycles. The van der Waals surface area contributed by atoms with E-state index in [9.17, 15) is 66.4 Å². The van der Waals surface area contributed by atoms with E-state index < -0.39 is 118 Å². The molecule has 0 bridgehead atoms. The Bertz CT molecular complexity index is 1570. The first-order valence-electron chi connectivity index (χ1n) is 16.5. The van der Waals surface area contributed by atoms with Gasteiger partial charge < -0.3 is 99.5 Å². The highest BCUT2D eigenvalue weighted by Gasteiger charge is 2.49. The Hall–Kier alpha value is -3.42. The summed E-state index contributed by atoms with van der Waals surface area (Å²) in [5, 5.41) is 133. The topological polar surface area (TPSA) is 328 Å². The van der Waals surface area contributed by atoms with Crippen LogP contribution in [0.4, 0.5) is 0 Å². The van der Waals surface area contributed by atoms with E-state index in [1.54, 1.807) is 0 Å². The lowest BCUT2D eigenvalue weighted by Crippen LogP contribution is -2.61. The van der Waals surface area contributed by atoms with Crippen LogP contribution < -0.4 is 9.47 Å². The zero-order valence-electron chi connectivity index (χ0n) is 27.6. The molecule has 0 spiro atoms. The van der Waals surface area contributed by atoms with Crippen LogP contribution in [0.15, 0.2) is 42.2 Å². The van der Waals surface area contributed by atoms with Crippen molar-refractivity contribution < 1.29 is 99.5 Å². The van der Waals surface area contributed by atoms with Crippen molar-refractivity contribution in [2.24, 2.45) is 0 Å². The van der Waals surface area contributed by atoms with Crippen LogP contribution in [-0.4, -0.2) is 178 Å². The van der Waals surface area contributed by atoms with E-state index >= 15 is 0 Å². The number of phenolic OH excluding ortho intramolecular Hbond substituents is 2. The summed E-state index contributed by atoms with van der Waals surface area (Å²) in [6.07, 6.45) is -25.1. The molecule has 13 N–H and O–H groups in total. The zero-order valence-corrected chi connectivity index (χ0v) is 27.6. The fourth-order valence-corrected chi connectivity index (χ4v) is 6.28. The van der Waals surface area contributed by atoms with Gasteiger partial charge in [0.1, 0.15) is 102 Å². The SMILES string of the molecule is OC[C@H]1O[C@H](OC[C@H]2O[C@H](OC3=Cc4c(cc(O)cc4O[C@H]4O[C@H](CO)[C@H](O)[C@@H](O)[C@H]4O)OC3c3ccc(O)cc3)[C@H](O)[C@H](O)[C@H]2O)[C@H](O)[C@H](O)[C@H]1O. The molecule has 20 heteroatoms. The second-order valence-electron chi connectivity index (χ2n) is 13.0. The van der Waals surface area contributed by atoms with Gasteiger partial charge in [0.05, 0.1) is 25.4 Å². The molecule has 20 nitrogen and oxygen atoms in total. The number of aromatic hydroxyl groups is 2. The summed E-state index contributed by atoms with van der Waals surface area (Å²) < 4.78 is 40.1. The fourth-order valence-electron chi connectivity index (χ4n) is 6.28. The lowest BCUT2D eigenvalue weighted by Gasteiger charge is -2.43. The van der Waals surface area contributed by atoms with E-state index in [0.717, 1.165) is 6.07 Å². The Balaban J connectivity index is 1.28. The van der Waals surface area contributed by atoms with Crippen LogP contribution >= 0.6 is 0 Å². The highest BCUT2D eigenvalue weighted by Crippen LogP contribution is 2.46. The minimum atomic E-state index is -1.90. The van der Waals surface area contributed by atoms with Crippen molar-refractivity contribution in [3.05, 3.63) is 53.3 Å². The summed E-state index contributed by atoms with van der Waals surface area (Å²) in [5.41, 5.74) is 0.422. The molecule has 2 aromatic rings. The van der Waals surface area contributed by atoms with E-state index in [-0.39, 0.29) is 34.3 Å². The molecular weight excluding hydrogens is 716 g/mol. The normalized spacial score (nSPS) is 40.1. The Labute approximate surface area is 300 Å². The summed E-state index contributed by atoms with van der Waals surface area (Å²) in [4.78, 5) is 0. The lowest BCUT2D eigenvalue weighted by atomic mass is 9.98. The molecule has 1 unspecified atom stereocenters. The van der Waals surface area contributed by atoms with E-state index in [0.29, 0.717) is 5.56 Å². The molecule has 0 amide bonds. The van der Waals surface area contributed by atoms with Crippen molar-refractivity contribution in [3.8, 4) is 23.0 Å². The summed E-state index contributed by atoms with van der Waals surface area (Å²) >= 11 is 0. The molecule has 3 saturated heterocycles. The molecular formula is C33H42O20. The maximum atomic E-state index is 10.9. The third-order valence-electron chi connectivity index (χ3n) is 9.36. The average Bonchev–Trinajstić information content (AvgIpc) is 3.14. The van der Waals surface area contributed by atoms with Gasteiger partial charge in [0.15, 0.2) is 12.4 Å². The molecule has 4 aliphatic heterocycles. The minimum absolute atomic E-state index is 0.0126. The van der Waals surface area contributed by atoms with Crippen molar-refractivity contribution in [2.45, 2.75) is 98.2 Å². The Morgan fingerprint density at radius 3 is 1.64 bits per heavy atom. The number of hydrogen-bond donors (Lipinski definition) is 13. The summed E-state index contributed by atoms with van der Waals surface area (Å²) in [7, 11) is 0. The van der Waals surface area contributed by atoms with Gasteiger partial charge in [-0.25, -0.2) is 0 Å². The van der Waals surface area contributed by atoms with Gasteiger partial charge in [-0.1, -0.05) is 12.1 Å². The Morgan fingerprint density at radius 2 is 1.06 bits per heavy atom. The van der Waals surface area contributed by atoms with Crippen molar-refractivity contribution in [3.63, 3.8) is 0 Å². The van der Waals surface area contributed by atoms with Gasteiger partial charge in [0.2, 0.25) is 12.6 Å². The third-order valence-corrected chi connectivity index (χ3v) is 9.36. The maximum absolute atomic E-state index is 10.9. The molecule has 0 aromatic heterocycles. The third kappa shape index (κ3) is 7.89. The van der Waals surface area contributed by atoms with E-state index in [1.807, 2.05) is 0 Å². The molecule has 0 radical (unpaired) electrons. The molecule has 0 aliphatic carbocycles. The van der Waals surface area contributed by atoms with Crippen LogP contribution in [0.3, 0.4) is 0 Å². The number of aliphatic hydroxyl groups is 11. The largest absolute Gasteiger partial charge is 0.508 e. The monoisotopic (exact) mass is 758 g/mol. The lowest BCUT2D eigenvalue weighted by molar-refractivity contribution is -0.328. The standard InChI is InChI=1S/C33H42O20/c34-8-18-21(38)24(41)27(44)31(51-18)47-10-20-23(40)26(43)29(46)33(53-20)50-17-7-14-15(48-30(17)11-1-3-12(36)4-2-11)5-13(37)6-16(14)49-32-28(45)25(42)22(39)19(9-35)52-32/h1-7,18-46H,8-10H2/t18-,19-,20-,21+,22+,23+,24-,25-,26-,27-,28-,29-,30?,31+,32+,33+/m1/s1. The van der Waals surface area contributed by atoms with E-state index in [2.05, 4.69) is 0 Å². The first-order valence-corrected chi connectivity index (χ1v) is 16.5. The molecule has 4 aliphatic rings. The van der Waals surface area contributed by atoms with Crippen LogP contribution in [0.1, 0.15) is 17.2 Å². The van der Waals surface area contributed by atoms with Gasteiger partial charge in [0.25, 0.3) is 0 Å². The van der Waals surface area contributed by atoms with Gasteiger partial charge in [-0.15, -0.1) is 0 Å². The number of rotatable bonds is 10. The molecule has 0 saturated carbocycles. The van der Waals surface area contributed by atoms with Gasteiger partial charge in [-0.05, 0) is 18.2 Å². The Kier molecular flexibility index (Phi) is 12.0. The van der Waals surface area contributed by atoms with E-state index in [1.165, 1.54) is 36.4 Å². The first kappa shape index (κ1) is 39.3. The summed E-state index contributed by atoms with van der Waals surface area (Å²) in [6, 6.07) is 7.97. The van der Waals surface area contributed by atoms with E-state index in [4.69, 9.17) is 33.2 Å². The predicted molar refractivity (Wildman–Crippen MR) is 169 cm³/mol. The number of benzene rings is 2. The maximum Gasteiger partial charge on any atom is 0.229 e. The minimum Gasteiger partial charge on any atom is -0.508 e. The van der Waals surface area contributed by atoms with Crippen molar-refractivity contribution in [1.82, 2.24) is 0 Å². The average molecular weight is 759 g/mol. The molecule has 3 fully saturated rings. The number of ether oxygens (including phenoxy) is 7.